The van der Waals surface area contributed by atoms with Gasteiger partial charge in [-0.1, -0.05) is 18.2 Å². The van der Waals surface area contributed by atoms with Crippen LogP contribution in [0.2, 0.25) is 0 Å². The lowest BCUT2D eigenvalue weighted by Gasteiger charge is -2.45. The van der Waals surface area contributed by atoms with Crippen molar-refractivity contribution in [3.05, 3.63) is 59.5 Å². The second kappa shape index (κ2) is 8.73. The Bertz CT molecular complexity index is 1350. The van der Waals surface area contributed by atoms with Gasteiger partial charge in [0.05, 0.1) is 29.7 Å². The number of pyridine rings is 1. The number of hydrogen-bond donors (Lipinski definition) is 2. The average Bonchev–Trinajstić information content (AvgIpc) is 3.52. The third-order valence-corrected chi connectivity index (χ3v) is 9.22. The van der Waals surface area contributed by atoms with Crippen molar-refractivity contribution in [3.8, 4) is 0 Å². The number of amides is 1. The molecule has 5 aliphatic rings. The van der Waals surface area contributed by atoms with Gasteiger partial charge in [-0.3, -0.25) is 9.88 Å². The molecule has 3 saturated carbocycles. The van der Waals surface area contributed by atoms with Crippen molar-refractivity contribution < 1.29 is 9.53 Å². The molecule has 8 rings (SSSR count). The van der Waals surface area contributed by atoms with E-state index >= 15 is 0 Å². The maximum atomic E-state index is 12.1. The highest BCUT2D eigenvalue weighted by Crippen LogP contribution is 2.54. The Morgan fingerprint density at radius 3 is 2.58 bits per heavy atom. The van der Waals surface area contributed by atoms with E-state index < -0.39 is 5.60 Å². The van der Waals surface area contributed by atoms with Crippen molar-refractivity contribution in [2.45, 2.75) is 83.1 Å². The normalized spacial score (nSPS) is 29.1. The zero-order chi connectivity index (χ0) is 26.2. The van der Waals surface area contributed by atoms with Gasteiger partial charge >= 0.3 is 6.09 Å². The summed E-state index contributed by atoms with van der Waals surface area (Å²) in [4.78, 5) is 26.1. The molecule has 1 saturated heterocycles. The van der Waals surface area contributed by atoms with Gasteiger partial charge in [0.1, 0.15) is 5.60 Å². The van der Waals surface area contributed by atoms with Crippen LogP contribution in [0.25, 0.3) is 10.9 Å². The van der Waals surface area contributed by atoms with E-state index in [1.54, 1.807) is 0 Å². The number of hydrogen-bond acceptors (Lipinski definition) is 5. The molecule has 0 unspecified atom stereocenters. The summed E-state index contributed by atoms with van der Waals surface area (Å²) in [6.45, 7) is 9.61. The number of rotatable bonds is 4. The second-order valence-corrected chi connectivity index (χ2v) is 13.1. The molecule has 4 fully saturated rings. The van der Waals surface area contributed by atoms with Crippen LogP contribution >= 0.6 is 0 Å². The van der Waals surface area contributed by atoms with Gasteiger partial charge < -0.3 is 19.9 Å². The van der Waals surface area contributed by atoms with Crippen LogP contribution < -0.4 is 10.2 Å². The lowest BCUT2D eigenvalue weighted by Crippen LogP contribution is -2.60. The van der Waals surface area contributed by atoms with Gasteiger partial charge in [0.2, 0.25) is 0 Å². The number of para-hydroxylation sites is 1. The molecule has 2 N–H and O–H groups in total. The lowest BCUT2D eigenvalue weighted by molar-refractivity contribution is 0.0496. The summed E-state index contributed by atoms with van der Waals surface area (Å²) >= 11 is 0. The summed E-state index contributed by atoms with van der Waals surface area (Å²) in [7, 11) is 0. The molecule has 38 heavy (non-hydrogen) atoms. The van der Waals surface area contributed by atoms with Crippen molar-refractivity contribution in [2.24, 2.45) is 11.8 Å². The first kappa shape index (κ1) is 24.0. The molecule has 3 aliphatic carbocycles. The summed E-state index contributed by atoms with van der Waals surface area (Å²) in [5.41, 5.74) is 5.77. The molecule has 3 aromatic rings. The number of nitrogens with one attached hydrogen (secondary N) is 2. The number of fused-ring (bicyclic) bond motifs is 4. The van der Waals surface area contributed by atoms with Crippen LogP contribution in [0.15, 0.2) is 42.6 Å². The number of benzene rings is 1. The second-order valence-electron chi connectivity index (χ2n) is 13.1. The molecule has 7 heteroatoms. The monoisotopic (exact) mass is 513 g/mol. The number of carbonyl (C=O) groups excluding carboxylic acids is 1. The first-order valence-electron chi connectivity index (χ1n) is 14.3. The van der Waals surface area contributed by atoms with Crippen LogP contribution in [-0.4, -0.2) is 57.8 Å². The Morgan fingerprint density at radius 2 is 1.89 bits per heavy atom. The minimum atomic E-state index is -0.485. The zero-order valence-corrected chi connectivity index (χ0v) is 22.9. The van der Waals surface area contributed by atoms with Crippen molar-refractivity contribution in [2.75, 3.05) is 18.0 Å². The highest BCUT2D eigenvalue weighted by molar-refractivity contribution is 5.85. The van der Waals surface area contributed by atoms with E-state index in [-0.39, 0.29) is 18.2 Å². The smallest absolute Gasteiger partial charge is 0.407 e. The number of ether oxygens (including phenoxy) is 1. The molecule has 3 atom stereocenters. The number of anilines is 1. The maximum Gasteiger partial charge on any atom is 0.407 e. The van der Waals surface area contributed by atoms with Crippen molar-refractivity contribution in [1.29, 1.82) is 0 Å². The van der Waals surface area contributed by atoms with Crippen molar-refractivity contribution >= 4 is 22.7 Å². The minimum Gasteiger partial charge on any atom is -0.444 e. The molecule has 1 aromatic carbocycles. The molecular formula is C31H39N5O2. The molecule has 200 valence electrons. The molecule has 2 aromatic heterocycles. The fraction of sp³-hybridized carbons (Fsp3) is 0.548. The van der Waals surface area contributed by atoms with Gasteiger partial charge in [0.15, 0.2) is 0 Å². The Kier molecular flexibility index (Phi) is 5.52. The highest BCUT2D eigenvalue weighted by Gasteiger charge is 2.51. The van der Waals surface area contributed by atoms with Gasteiger partial charge in [-0.05, 0) is 89.0 Å². The van der Waals surface area contributed by atoms with E-state index in [4.69, 9.17) is 9.72 Å². The van der Waals surface area contributed by atoms with Gasteiger partial charge in [-0.25, -0.2) is 4.79 Å². The van der Waals surface area contributed by atoms with Crippen LogP contribution in [0.3, 0.4) is 0 Å². The van der Waals surface area contributed by atoms with E-state index in [9.17, 15) is 4.79 Å². The predicted molar refractivity (Wildman–Crippen MR) is 149 cm³/mol. The number of carbonyl (C=O) groups is 1. The molecule has 2 aliphatic heterocycles. The maximum absolute atomic E-state index is 12.1. The Morgan fingerprint density at radius 1 is 1.11 bits per heavy atom. The van der Waals surface area contributed by atoms with Crippen molar-refractivity contribution in [3.63, 3.8) is 0 Å². The van der Waals surface area contributed by atoms with E-state index in [0.717, 1.165) is 42.7 Å². The third kappa shape index (κ3) is 4.06. The molecule has 0 spiro atoms. The predicted octanol–water partition coefficient (Wildman–Crippen LogP) is 5.41. The van der Waals surface area contributed by atoms with Crippen LogP contribution in [0.1, 0.15) is 70.0 Å². The summed E-state index contributed by atoms with van der Waals surface area (Å²) in [6, 6.07) is 14.6. The van der Waals surface area contributed by atoms with E-state index in [1.807, 2.05) is 27.0 Å². The number of H-pyrrole nitrogens is 1. The minimum absolute atomic E-state index is 0.0990. The first-order chi connectivity index (χ1) is 18.2. The molecule has 0 radical (unpaired) electrons. The third-order valence-electron chi connectivity index (χ3n) is 9.22. The summed E-state index contributed by atoms with van der Waals surface area (Å²) in [5.74, 6) is 1.76. The quantitative estimate of drug-likeness (QED) is 0.488. The number of alkyl carbamates (subject to hydrolysis) is 1. The van der Waals surface area contributed by atoms with Gasteiger partial charge in [0, 0.05) is 41.8 Å². The number of nitrogens with zero attached hydrogens (tertiary/aromatic N) is 3. The summed E-state index contributed by atoms with van der Waals surface area (Å²) in [5, 5.41) is 4.33. The topological polar surface area (TPSA) is 73.5 Å². The fourth-order valence-corrected chi connectivity index (χ4v) is 7.49. The average molecular weight is 514 g/mol. The number of aromatic nitrogens is 2. The molecule has 2 bridgehead atoms. The molecule has 1 amide bonds. The SMILES string of the molecule is C[C@@H]1Cc2c([nH]c3ccccc23)[C@@H](c2ccc(N3CC(NC(=O)OC(C)(C)C)C3)cn2)N1[C@@H]1CC2CC1C2. The van der Waals surface area contributed by atoms with E-state index in [0.29, 0.717) is 12.1 Å². The summed E-state index contributed by atoms with van der Waals surface area (Å²) in [6.07, 6.45) is 6.90. The lowest BCUT2D eigenvalue weighted by atomic mass is 9.82. The van der Waals surface area contributed by atoms with Crippen LogP contribution in [0, 0.1) is 11.8 Å². The van der Waals surface area contributed by atoms with Gasteiger partial charge in [0.25, 0.3) is 0 Å². The molecule has 7 nitrogen and oxygen atoms in total. The standard InChI is InChI=1S/C31H39N5O2/c1-18-11-24-23-7-5-6-8-25(23)34-28(24)29(36(18)27-14-19-12-20(27)13-19)26-10-9-22(15-32-26)35-16-21(17-35)33-30(37)38-31(2,3)4/h5-10,15,18-21,27,29,34H,11-14,16-17H2,1-4H3,(H,33,37)/t18-,19?,20?,27-,29-/m1/s1. The van der Waals surface area contributed by atoms with Crippen LogP contribution in [-0.2, 0) is 11.2 Å². The zero-order valence-electron chi connectivity index (χ0n) is 22.9. The fourth-order valence-electron chi connectivity index (χ4n) is 7.49. The van der Waals surface area contributed by atoms with Gasteiger partial charge in [-0.15, -0.1) is 0 Å². The largest absolute Gasteiger partial charge is 0.444 e. The Labute approximate surface area is 224 Å². The van der Waals surface area contributed by atoms with Crippen LogP contribution in [0.5, 0.6) is 0 Å². The van der Waals surface area contributed by atoms with Crippen molar-refractivity contribution in [1.82, 2.24) is 20.2 Å². The number of aromatic amines is 1. The van der Waals surface area contributed by atoms with Crippen LogP contribution in [0.4, 0.5) is 10.5 Å². The Hall–Kier alpha value is -3.06. The Balaban J connectivity index is 1.14. The highest BCUT2D eigenvalue weighted by atomic mass is 16.6. The van der Waals surface area contributed by atoms with E-state index in [1.165, 1.54) is 41.4 Å². The summed E-state index contributed by atoms with van der Waals surface area (Å²) < 4.78 is 5.40. The molecular weight excluding hydrogens is 474 g/mol. The van der Waals surface area contributed by atoms with Gasteiger partial charge in [-0.2, -0.15) is 0 Å². The first-order valence-corrected chi connectivity index (χ1v) is 14.3. The molecule has 4 heterocycles. The van der Waals surface area contributed by atoms with E-state index in [2.05, 4.69) is 63.4 Å².